The van der Waals surface area contributed by atoms with Gasteiger partial charge in [0.15, 0.2) is 0 Å². The quantitative estimate of drug-likeness (QED) is 0.794. The van der Waals surface area contributed by atoms with Gasteiger partial charge in [-0.1, -0.05) is 25.4 Å². The molecule has 0 aliphatic heterocycles. The Morgan fingerprint density at radius 2 is 1.74 bits per heavy atom. The van der Waals surface area contributed by atoms with Crippen molar-refractivity contribution in [2.45, 2.75) is 33.1 Å². The first-order valence-electron chi connectivity index (χ1n) is 6.38. The molecule has 0 aromatic heterocycles. The number of carboxylic acid groups (broad SMARTS) is 1. The summed E-state index contributed by atoms with van der Waals surface area (Å²) in [5, 5.41) is 9.30. The molecule has 0 unspecified atom stereocenters. The van der Waals surface area contributed by atoms with Crippen molar-refractivity contribution in [3.8, 4) is 11.5 Å². The molecule has 1 aromatic carbocycles. The number of carbonyl (C=O) groups is 1. The summed E-state index contributed by atoms with van der Waals surface area (Å²) in [6.07, 6.45) is 1.60. The SMILES string of the molecule is CCCOc1cc(OCCC)c(CC(=O)O)cc1Cl. The number of rotatable bonds is 8. The van der Waals surface area contributed by atoms with Gasteiger partial charge in [0.1, 0.15) is 11.5 Å². The Bertz CT molecular complexity index is 432. The number of carboxylic acids is 1. The third-order valence-corrected chi connectivity index (χ3v) is 2.68. The average Bonchev–Trinajstić information content (AvgIpc) is 2.36. The van der Waals surface area contributed by atoms with Crippen LogP contribution in [-0.2, 0) is 11.2 Å². The van der Waals surface area contributed by atoms with Gasteiger partial charge in [-0.2, -0.15) is 0 Å². The summed E-state index contributed by atoms with van der Waals surface area (Å²) in [5.41, 5.74) is 0.565. The third-order valence-electron chi connectivity index (χ3n) is 2.38. The average molecular weight is 287 g/mol. The highest BCUT2D eigenvalue weighted by Crippen LogP contribution is 2.33. The molecular weight excluding hydrogens is 268 g/mol. The lowest BCUT2D eigenvalue weighted by Crippen LogP contribution is -2.06. The van der Waals surface area contributed by atoms with Crippen LogP contribution in [0.25, 0.3) is 0 Å². The topological polar surface area (TPSA) is 55.8 Å². The van der Waals surface area contributed by atoms with Gasteiger partial charge in [0.2, 0.25) is 0 Å². The lowest BCUT2D eigenvalue weighted by atomic mass is 10.1. The Morgan fingerprint density at radius 1 is 1.16 bits per heavy atom. The number of aliphatic carboxylic acids is 1. The lowest BCUT2D eigenvalue weighted by molar-refractivity contribution is -0.136. The first kappa shape index (κ1) is 15.6. The van der Waals surface area contributed by atoms with Gasteiger partial charge in [0.05, 0.1) is 24.7 Å². The van der Waals surface area contributed by atoms with E-state index in [-0.39, 0.29) is 6.42 Å². The summed E-state index contributed by atoms with van der Waals surface area (Å²) in [6, 6.07) is 3.28. The van der Waals surface area contributed by atoms with Crippen molar-refractivity contribution in [3.63, 3.8) is 0 Å². The smallest absolute Gasteiger partial charge is 0.307 e. The van der Waals surface area contributed by atoms with E-state index < -0.39 is 5.97 Å². The van der Waals surface area contributed by atoms with Crippen LogP contribution in [0.15, 0.2) is 12.1 Å². The van der Waals surface area contributed by atoms with Crippen LogP contribution in [0, 0.1) is 0 Å². The molecule has 5 heteroatoms. The highest BCUT2D eigenvalue weighted by molar-refractivity contribution is 6.32. The van der Waals surface area contributed by atoms with Crippen molar-refractivity contribution in [2.24, 2.45) is 0 Å². The van der Waals surface area contributed by atoms with E-state index in [0.717, 1.165) is 12.8 Å². The molecule has 1 aromatic rings. The van der Waals surface area contributed by atoms with Crippen molar-refractivity contribution in [3.05, 3.63) is 22.7 Å². The van der Waals surface area contributed by atoms with Crippen LogP contribution in [0.1, 0.15) is 32.3 Å². The molecule has 0 radical (unpaired) electrons. The third kappa shape index (κ3) is 4.99. The maximum absolute atomic E-state index is 10.8. The summed E-state index contributed by atoms with van der Waals surface area (Å²) in [7, 11) is 0. The summed E-state index contributed by atoms with van der Waals surface area (Å²) in [6.45, 7) is 5.08. The van der Waals surface area contributed by atoms with E-state index in [1.54, 1.807) is 12.1 Å². The second-order valence-electron chi connectivity index (χ2n) is 4.16. The molecule has 0 fully saturated rings. The standard InChI is InChI=1S/C14H19ClO4/c1-3-5-18-12-9-13(19-6-4-2)11(15)7-10(12)8-14(16)17/h7,9H,3-6,8H2,1-2H3,(H,16,17). The van der Waals surface area contributed by atoms with Crippen molar-refractivity contribution < 1.29 is 19.4 Å². The summed E-state index contributed by atoms with van der Waals surface area (Å²) >= 11 is 6.08. The van der Waals surface area contributed by atoms with Crippen molar-refractivity contribution >= 4 is 17.6 Å². The van der Waals surface area contributed by atoms with E-state index in [9.17, 15) is 4.79 Å². The second kappa shape index (κ2) is 7.89. The Morgan fingerprint density at radius 3 is 2.26 bits per heavy atom. The van der Waals surface area contributed by atoms with Crippen molar-refractivity contribution in [1.82, 2.24) is 0 Å². The molecule has 0 spiro atoms. The summed E-state index contributed by atoms with van der Waals surface area (Å²) < 4.78 is 11.1. The Balaban J connectivity index is 3.01. The molecular formula is C14H19ClO4. The molecule has 0 saturated heterocycles. The normalized spacial score (nSPS) is 10.3. The number of hydrogen-bond acceptors (Lipinski definition) is 3. The molecule has 0 amide bonds. The van der Waals surface area contributed by atoms with Gasteiger partial charge >= 0.3 is 5.97 Å². The fraction of sp³-hybridized carbons (Fsp3) is 0.500. The molecule has 0 saturated carbocycles. The molecule has 0 atom stereocenters. The lowest BCUT2D eigenvalue weighted by Gasteiger charge is -2.14. The minimum atomic E-state index is -0.917. The van der Waals surface area contributed by atoms with E-state index in [1.165, 1.54) is 0 Å². The van der Waals surface area contributed by atoms with Crippen LogP contribution in [0.4, 0.5) is 0 Å². The van der Waals surface area contributed by atoms with Gasteiger partial charge < -0.3 is 14.6 Å². The Hall–Kier alpha value is -1.42. The fourth-order valence-electron chi connectivity index (χ4n) is 1.55. The Labute approximate surface area is 118 Å². The number of ether oxygens (including phenoxy) is 2. The molecule has 0 heterocycles. The molecule has 4 nitrogen and oxygen atoms in total. The van der Waals surface area contributed by atoms with E-state index in [2.05, 4.69) is 0 Å². The monoisotopic (exact) mass is 286 g/mol. The van der Waals surface area contributed by atoms with E-state index >= 15 is 0 Å². The molecule has 19 heavy (non-hydrogen) atoms. The highest BCUT2D eigenvalue weighted by Gasteiger charge is 2.13. The largest absolute Gasteiger partial charge is 0.493 e. The number of benzene rings is 1. The predicted molar refractivity (Wildman–Crippen MR) is 74.4 cm³/mol. The van der Waals surface area contributed by atoms with Crippen LogP contribution >= 0.6 is 11.6 Å². The fourth-order valence-corrected chi connectivity index (χ4v) is 1.79. The maximum atomic E-state index is 10.8. The van der Waals surface area contributed by atoms with Gasteiger partial charge in [-0.3, -0.25) is 4.79 Å². The van der Waals surface area contributed by atoms with Gasteiger partial charge in [0, 0.05) is 11.6 Å². The minimum Gasteiger partial charge on any atom is -0.493 e. The molecule has 106 valence electrons. The van der Waals surface area contributed by atoms with Crippen LogP contribution in [0.3, 0.4) is 0 Å². The Kier molecular flexibility index (Phi) is 6.50. The first-order valence-corrected chi connectivity index (χ1v) is 6.76. The second-order valence-corrected chi connectivity index (χ2v) is 4.56. The van der Waals surface area contributed by atoms with E-state index in [1.807, 2.05) is 13.8 Å². The molecule has 1 N–H and O–H groups in total. The number of halogens is 1. The van der Waals surface area contributed by atoms with Crippen molar-refractivity contribution in [1.29, 1.82) is 0 Å². The zero-order valence-electron chi connectivity index (χ0n) is 11.2. The van der Waals surface area contributed by atoms with Crippen LogP contribution < -0.4 is 9.47 Å². The van der Waals surface area contributed by atoms with E-state index in [0.29, 0.717) is 35.3 Å². The first-order chi connectivity index (χ1) is 9.08. The maximum Gasteiger partial charge on any atom is 0.307 e. The number of hydrogen-bond donors (Lipinski definition) is 1. The molecule has 0 aliphatic rings. The van der Waals surface area contributed by atoms with E-state index in [4.69, 9.17) is 26.2 Å². The summed E-state index contributed by atoms with van der Waals surface area (Å²) in [5.74, 6) is 0.142. The summed E-state index contributed by atoms with van der Waals surface area (Å²) in [4.78, 5) is 10.8. The van der Waals surface area contributed by atoms with Crippen LogP contribution in [0.2, 0.25) is 5.02 Å². The minimum absolute atomic E-state index is 0.118. The van der Waals surface area contributed by atoms with Gasteiger partial charge in [0.25, 0.3) is 0 Å². The molecule has 0 aliphatic carbocycles. The van der Waals surface area contributed by atoms with Gasteiger partial charge in [-0.15, -0.1) is 0 Å². The molecule has 1 rings (SSSR count). The van der Waals surface area contributed by atoms with Gasteiger partial charge in [-0.05, 0) is 18.9 Å². The van der Waals surface area contributed by atoms with Crippen LogP contribution in [-0.4, -0.2) is 24.3 Å². The zero-order chi connectivity index (χ0) is 14.3. The molecule has 0 bridgehead atoms. The zero-order valence-corrected chi connectivity index (χ0v) is 12.0. The van der Waals surface area contributed by atoms with Crippen LogP contribution in [0.5, 0.6) is 11.5 Å². The van der Waals surface area contributed by atoms with Gasteiger partial charge in [-0.25, -0.2) is 0 Å². The van der Waals surface area contributed by atoms with Crippen molar-refractivity contribution in [2.75, 3.05) is 13.2 Å². The highest BCUT2D eigenvalue weighted by atomic mass is 35.5. The predicted octanol–water partition coefficient (Wildman–Crippen LogP) is 3.54.